The predicted molar refractivity (Wildman–Crippen MR) is 108 cm³/mol. The Kier molecular flexibility index (Phi) is 7.68. The number of nitrogens with zero attached hydrogens (tertiary/aromatic N) is 1. The Balaban J connectivity index is 0.00000261. The van der Waals surface area contributed by atoms with E-state index < -0.39 is 10.0 Å². The van der Waals surface area contributed by atoms with E-state index in [4.69, 9.17) is 5.73 Å². The summed E-state index contributed by atoms with van der Waals surface area (Å²) in [5.41, 5.74) is 6.81. The molecule has 152 valence electrons. The molecule has 1 aliphatic heterocycles. The molecule has 27 heavy (non-hydrogen) atoms. The molecule has 2 aliphatic rings. The molecule has 2 unspecified atom stereocenters. The van der Waals surface area contributed by atoms with Crippen molar-refractivity contribution >= 4 is 28.3 Å². The van der Waals surface area contributed by atoms with Crippen LogP contribution in [0.1, 0.15) is 44.6 Å². The number of halogens is 1. The van der Waals surface area contributed by atoms with Crippen LogP contribution >= 0.6 is 12.4 Å². The van der Waals surface area contributed by atoms with Crippen molar-refractivity contribution in [2.75, 3.05) is 13.1 Å². The molecule has 0 aromatic heterocycles. The van der Waals surface area contributed by atoms with Crippen LogP contribution in [0, 0.1) is 5.92 Å². The van der Waals surface area contributed by atoms with E-state index in [0.29, 0.717) is 25.3 Å². The zero-order chi connectivity index (χ0) is 18.7. The van der Waals surface area contributed by atoms with E-state index >= 15 is 0 Å². The third-order valence-corrected chi connectivity index (χ3v) is 6.87. The Morgan fingerprint density at radius 1 is 1.22 bits per heavy atom. The van der Waals surface area contributed by atoms with E-state index in [2.05, 4.69) is 11.6 Å². The van der Waals surface area contributed by atoms with Gasteiger partial charge in [-0.25, -0.2) is 13.1 Å². The summed E-state index contributed by atoms with van der Waals surface area (Å²) in [6.45, 7) is 3.50. The number of rotatable bonds is 7. The van der Waals surface area contributed by atoms with Crippen LogP contribution in [0.4, 0.5) is 0 Å². The smallest absolute Gasteiger partial charge is 0.240 e. The molecular formula is C19H30ClN3O3S. The van der Waals surface area contributed by atoms with Crippen LogP contribution in [0.25, 0.3) is 0 Å². The fourth-order valence-electron chi connectivity index (χ4n) is 3.52. The molecule has 8 heteroatoms. The van der Waals surface area contributed by atoms with E-state index in [9.17, 15) is 13.2 Å². The monoisotopic (exact) mass is 415 g/mol. The van der Waals surface area contributed by atoms with Crippen molar-refractivity contribution in [1.82, 2.24) is 9.62 Å². The average molecular weight is 416 g/mol. The Morgan fingerprint density at radius 3 is 2.48 bits per heavy atom. The van der Waals surface area contributed by atoms with Crippen LogP contribution in [-0.4, -0.2) is 44.4 Å². The number of carbonyl (C=O) groups excluding carboxylic acids is 1. The second kappa shape index (κ2) is 9.37. The van der Waals surface area contributed by atoms with Crippen LogP contribution in [0.3, 0.4) is 0 Å². The maximum Gasteiger partial charge on any atom is 0.240 e. The van der Waals surface area contributed by atoms with E-state index in [0.717, 1.165) is 37.8 Å². The zero-order valence-electron chi connectivity index (χ0n) is 15.8. The molecule has 2 fully saturated rings. The van der Waals surface area contributed by atoms with Crippen LogP contribution in [0.5, 0.6) is 0 Å². The maximum absolute atomic E-state index is 12.6. The second-order valence-electron chi connectivity index (χ2n) is 7.65. The van der Waals surface area contributed by atoms with Crippen molar-refractivity contribution in [3.05, 3.63) is 29.8 Å². The molecule has 0 spiro atoms. The first kappa shape index (κ1) is 22.1. The van der Waals surface area contributed by atoms with Crippen LogP contribution < -0.4 is 10.5 Å². The third-order valence-electron chi connectivity index (χ3n) is 5.33. The second-order valence-corrected chi connectivity index (χ2v) is 9.36. The van der Waals surface area contributed by atoms with Crippen molar-refractivity contribution in [2.24, 2.45) is 11.7 Å². The molecule has 1 aromatic carbocycles. The average Bonchev–Trinajstić information content (AvgIpc) is 3.43. The minimum Gasteiger partial charge on any atom is -0.338 e. The quantitative estimate of drug-likeness (QED) is 0.712. The highest BCUT2D eigenvalue weighted by atomic mass is 35.5. The summed E-state index contributed by atoms with van der Waals surface area (Å²) in [6, 6.07) is 7.08. The van der Waals surface area contributed by atoms with Crippen molar-refractivity contribution in [3.8, 4) is 0 Å². The number of likely N-dealkylation sites (tertiary alicyclic amines) is 1. The number of carbonyl (C=O) groups is 1. The largest absolute Gasteiger partial charge is 0.338 e. The number of piperidine rings is 1. The van der Waals surface area contributed by atoms with Gasteiger partial charge in [0, 0.05) is 31.6 Å². The van der Waals surface area contributed by atoms with E-state index in [1.54, 1.807) is 24.3 Å². The van der Waals surface area contributed by atoms with Crippen molar-refractivity contribution in [2.45, 2.75) is 62.4 Å². The highest BCUT2D eigenvalue weighted by Crippen LogP contribution is 2.24. The van der Waals surface area contributed by atoms with Gasteiger partial charge in [-0.15, -0.1) is 12.4 Å². The number of aryl methyl sites for hydroxylation is 1. The molecule has 1 aliphatic carbocycles. The Labute approximate surface area is 168 Å². The summed E-state index contributed by atoms with van der Waals surface area (Å²) in [6.07, 6.45) is 4.87. The fourth-order valence-corrected chi connectivity index (χ4v) is 4.83. The number of nitrogens with one attached hydrogen (secondary N) is 1. The summed E-state index contributed by atoms with van der Waals surface area (Å²) in [5.74, 6) is 0.755. The summed E-state index contributed by atoms with van der Waals surface area (Å²) in [4.78, 5) is 14.8. The van der Waals surface area contributed by atoms with Crippen LogP contribution in [0.15, 0.2) is 29.2 Å². The molecule has 0 bridgehead atoms. The number of hydrogen-bond acceptors (Lipinski definition) is 4. The molecule has 1 saturated carbocycles. The Bertz CT molecular complexity index is 735. The Hall–Kier alpha value is -1.15. The van der Waals surface area contributed by atoms with Crippen molar-refractivity contribution in [3.63, 3.8) is 0 Å². The number of benzene rings is 1. The lowest BCUT2D eigenvalue weighted by atomic mass is 9.92. The minimum atomic E-state index is -3.42. The molecule has 1 aromatic rings. The molecule has 1 heterocycles. The molecule has 2 atom stereocenters. The van der Waals surface area contributed by atoms with Gasteiger partial charge in [-0.3, -0.25) is 4.79 Å². The number of amides is 1. The standard InChI is InChI=1S/C19H29N3O3S.ClH/c1-14-10-11-22(17(12-14)13-20)19(23)9-4-15-2-7-18(8-3-15)26(24,25)21-16-5-6-16;/h2-3,7-8,14,16-17,21H,4-6,9-13,20H2,1H3;1H. The maximum atomic E-state index is 12.6. The normalized spacial score (nSPS) is 23.0. The van der Waals surface area contributed by atoms with E-state index in [-0.39, 0.29) is 35.3 Å². The molecule has 1 amide bonds. The zero-order valence-corrected chi connectivity index (χ0v) is 17.4. The number of nitrogens with two attached hydrogens (primary N) is 1. The third kappa shape index (κ3) is 5.91. The highest BCUT2D eigenvalue weighted by Gasteiger charge is 2.29. The van der Waals surface area contributed by atoms with E-state index in [1.807, 2.05) is 4.90 Å². The van der Waals surface area contributed by atoms with Crippen LogP contribution in [-0.2, 0) is 21.2 Å². The predicted octanol–water partition coefficient (Wildman–Crippen LogP) is 2.07. The summed E-state index contributed by atoms with van der Waals surface area (Å²) < 4.78 is 27.0. The van der Waals surface area contributed by atoms with Crippen molar-refractivity contribution < 1.29 is 13.2 Å². The first-order valence-electron chi connectivity index (χ1n) is 9.50. The number of sulfonamides is 1. The van der Waals surface area contributed by atoms with Gasteiger partial charge in [-0.2, -0.15) is 0 Å². The summed E-state index contributed by atoms with van der Waals surface area (Å²) in [5, 5.41) is 0. The minimum absolute atomic E-state index is 0. The van der Waals surface area contributed by atoms with Gasteiger partial charge < -0.3 is 10.6 Å². The van der Waals surface area contributed by atoms with E-state index in [1.165, 1.54) is 0 Å². The first-order valence-corrected chi connectivity index (χ1v) is 11.0. The number of hydrogen-bond donors (Lipinski definition) is 2. The van der Waals surface area contributed by atoms with Crippen LogP contribution in [0.2, 0.25) is 0 Å². The van der Waals surface area contributed by atoms with Gasteiger partial charge in [-0.1, -0.05) is 19.1 Å². The first-order chi connectivity index (χ1) is 12.4. The fraction of sp³-hybridized carbons (Fsp3) is 0.632. The van der Waals surface area contributed by atoms with Gasteiger partial charge in [0.15, 0.2) is 0 Å². The Morgan fingerprint density at radius 2 is 1.89 bits per heavy atom. The van der Waals surface area contributed by atoms with Gasteiger partial charge in [0.1, 0.15) is 0 Å². The lowest BCUT2D eigenvalue weighted by Crippen LogP contribution is -2.49. The van der Waals surface area contributed by atoms with Gasteiger partial charge in [0.2, 0.25) is 15.9 Å². The SMILES string of the molecule is CC1CCN(C(=O)CCc2ccc(S(=O)(=O)NC3CC3)cc2)C(CN)C1.Cl. The molecule has 1 saturated heterocycles. The summed E-state index contributed by atoms with van der Waals surface area (Å²) >= 11 is 0. The lowest BCUT2D eigenvalue weighted by molar-refractivity contribution is -0.135. The molecular weight excluding hydrogens is 386 g/mol. The van der Waals surface area contributed by atoms with Gasteiger partial charge in [0.05, 0.1) is 4.90 Å². The van der Waals surface area contributed by atoms with Gasteiger partial charge >= 0.3 is 0 Å². The summed E-state index contributed by atoms with van der Waals surface area (Å²) in [7, 11) is -3.42. The van der Waals surface area contributed by atoms with Gasteiger partial charge in [0.25, 0.3) is 0 Å². The van der Waals surface area contributed by atoms with Gasteiger partial charge in [-0.05, 0) is 55.7 Å². The highest BCUT2D eigenvalue weighted by molar-refractivity contribution is 7.89. The topological polar surface area (TPSA) is 92.5 Å². The molecule has 3 rings (SSSR count). The molecule has 6 nitrogen and oxygen atoms in total. The lowest BCUT2D eigenvalue weighted by Gasteiger charge is -2.38. The molecule has 3 N–H and O–H groups in total. The molecule has 0 radical (unpaired) electrons. The van der Waals surface area contributed by atoms with Crippen molar-refractivity contribution in [1.29, 1.82) is 0 Å².